The molecular formula is C5H12O11P2. The average Bonchev–Trinajstić information content (AvgIpc) is 2.39. The van der Waals surface area contributed by atoms with Crippen molar-refractivity contribution in [1.29, 1.82) is 0 Å². The summed E-state index contributed by atoms with van der Waals surface area (Å²) in [6.07, 6.45) is -6.26. The van der Waals surface area contributed by atoms with E-state index in [2.05, 4.69) is 13.6 Å². The molecule has 18 heavy (non-hydrogen) atoms. The Labute approximate surface area is 100 Å². The summed E-state index contributed by atoms with van der Waals surface area (Å²) in [5.41, 5.74) is 0. The highest BCUT2D eigenvalue weighted by atomic mass is 31.3. The summed E-state index contributed by atoms with van der Waals surface area (Å²) in [4.78, 5) is 25.5. The second-order valence-corrected chi connectivity index (χ2v) is 6.21. The highest BCUT2D eigenvalue weighted by Crippen LogP contribution is 2.57. The molecule has 0 bridgehead atoms. The van der Waals surface area contributed by atoms with E-state index in [1.807, 2.05) is 0 Å². The molecule has 6 N–H and O–H groups in total. The van der Waals surface area contributed by atoms with Crippen molar-refractivity contribution in [2.24, 2.45) is 0 Å². The van der Waals surface area contributed by atoms with Gasteiger partial charge in [-0.3, -0.25) is 4.52 Å². The standard InChI is InChI=1S/C5H12O11P2/c6-3-2(15-5(8)4(3)7)1-14-18(12,13)16-17(9,10)11/h2-8H,1H2,(H,12,13)(H2,9,10,11)/t2-,3-,4-,5-/m1/s1. The molecule has 0 amide bonds. The summed E-state index contributed by atoms with van der Waals surface area (Å²) in [5, 5.41) is 27.3. The molecule has 0 spiro atoms. The first-order valence-corrected chi connectivity index (χ1v) is 7.48. The third-order valence-corrected chi connectivity index (χ3v) is 4.10. The van der Waals surface area contributed by atoms with Gasteiger partial charge in [-0.05, 0) is 0 Å². The number of phosphoric acid groups is 2. The number of hydrogen-bond donors (Lipinski definition) is 6. The fourth-order valence-corrected chi connectivity index (χ4v) is 2.79. The second-order valence-electron chi connectivity index (χ2n) is 3.38. The van der Waals surface area contributed by atoms with Crippen molar-refractivity contribution < 1.29 is 52.7 Å². The predicted octanol–water partition coefficient (Wildman–Crippen LogP) is -2.35. The molecule has 0 radical (unpaired) electrons. The first-order valence-electron chi connectivity index (χ1n) is 4.46. The van der Waals surface area contributed by atoms with Crippen molar-refractivity contribution in [1.82, 2.24) is 0 Å². The molecule has 1 unspecified atom stereocenters. The quantitative estimate of drug-likeness (QED) is 0.299. The first-order chi connectivity index (χ1) is 8.02. The topological polar surface area (TPSA) is 183 Å². The van der Waals surface area contributed by atoms with Crippen LogP contribution in [0, 0.1) is 0 Å². The Morgan fingerprint density at radius 3 is 2.00 bits per heavy atom. The molecule has 13 heteroatoms. The van der Waals surface area contributed by atoms with Gasteiger partial charge in [0, 0.05) is 0 Å². The van der Waals surface area contributed by atoms with Crippen LogP contribution >= 0.6 is 15.6 Å². The van der Waals surface area contributed by atoms with Gasteiger partial charge in [-0.1, -0.05) is 0 Å². The Bertz CT molecular complexity index is 378. The van der Waals surface area contributed by atoms with Crippen LogP contribution in [0.5, 0.6) is 0 Å². The lowest BCUT2D eigenvalue weighted by Crippen LogP contribution is -2.34. The lowest BCUT2D eigenvalue weighted by molar-refractivity contribution is -0.132. The molecule has 0 aromatic heterocycles. The van der Waals surface area contributed by atoms with E-state index in [1.165, 1.54) is 0 Å². The minimum Gasteiger partial charge on any atom is -0.387 e. The van der Waals surface area contributed by atoms with Gasteiger partial charge < -0.3 is 34.7 Å². The van der Waals surface area contributed by atoms with Crippen LogP contribution in [0.4, 0.5) is 0 Å². The predicted molar refractivity (Wildman–Crippen MR) is 51.8 cm³/mol. The zero-order valence-corrected chi connectivity index (χ0v) is 10.4. The maximum atomic E-state index is 11.0. The monoisotopic (exact) mass is 310 g/mol. The van der Waals surface area contributed by atoms with Crippen molar-refractivity contribution in [2.45, 2.75) is 24.6 Å². The zero-order chi connectivity index (χ0) is 14.1. The molecule has 1 rings (SSSR count). The number of aliphatic hydroxyl groups excluding tert-OH is 3. The van der Waals surface area contributed by atoms with Gasteiger partial charge >= 0.3 is 15.6 Å². The van der Waals surface area contributed by atoms with Crippen molar-refractivity contribution in [3.8, 4) is 0 Å². The van der Waals surface area contributed by atoms with Gasteiger partial charge in [-0.15, -0.1) is 0 Å². The smallest absolute Gasteiger partial charge is 0.387 e. The molecular weight excluding hydrogens is 298 g/mol. The van der Waals surface area contributed by atoms with Crippen LogP contribution in [0.2, 0.25) is 0 Å². The van der Waals surface area contributed by atoms with E-state index in [4.69, 9.17) is 24.9 Å². The fourth-order valence-electron chi connectivity index (χ4n) is 1.19. The summed E-state index contributed by atoms with van der Waals surface area (Å²) in [5.74, 6) is 0. The highest BCUT2D eigenvalue weighted by molar-refractivity contribution is 7.60. The van der Waals surface area contributed by atoms with Crippen molar-refractivity contribution in [2.75, 3.05) is 6.61 Å². The van der Waals surface area contributed by atoms with E-state index in [9.17, 15) is 14.2 Å². The molecule has 0 aromatic carbocycles. The Balaban J connectivity index is 2.51. The Morgan fingerprint density at radius 1 is 1.06 bits per heavy atom. The lowest BCUT2D eigenvalue weighted by atomic mass is 10.1. The molecule has 108 valence electrons. The molecule has 0 aliphatic carbocycles. The molecule has 0 aromatic rings. The maximum absolute atomic E-state index is 11.0. The Hall–Kier alpha value is 0.1000. The number of aliphatic hydroxyl groups is 3. The number of phosphoric ester groups is 1. The van der Waals surface area contributed by atoms with Crippen molar-refractivity contribution >= 4 is 15.6 Å². The Morgan fingerprint density at radius 2 is 1.61 bits per heavy atom. The minimum atomic E-state index is -5.23. The van der Waals surface area contributed by atoms with Crippen molar-refractivity contribution in [3.63, 3.8) is 0 Å². The lowest BCUT2D eigenvalue weighted by Gasteiger charge is -2.17. The summed E-state index contributed by atoms with van der Waals surface area (Å²) in [7, 11) is -10.3. The summed E-state index contributed by atoms with van der Waals surface area (Å²) in [6.45, 7) is -0.830. The maximum Gasteiger partial charge on any atom is 0.481 e. The zero-order valence-electron chi connectivity index (χ0n) is 8.64. The SMILES string of the molecule is O=P(O)(O)OP(=O)(O)OC[C@H]1O[C@@H](O)[C@H](O)[C@@H]1O. The minimum absolute atomic E-state index is 0.830. The highest BCUT2D eigenvalue weighted by Gasteiger charge is 2.43. The van der Waals surface area contributed by atoms with Crippen LogP contribution in [-0.2, 0) is 22.7 Å². The summed E-state index contributed by atoms with van der Waals surface area (Å²) in [6, 6.07) is 0. The molecule has 1 aliphatic heterocycles. The van der Waals surface area contributed by atoms with Gasteiger partial charge in [0.15, 0.2) is 6.29 Å². The van der Waals surface area contributed by atoms with Crippen LogP contribution in [-0.4, -0.2) is 61.2 Å². The largest absolute Gasteiger partial charge is 0.481 e. The van der Waals surface area contributed by atoms with Crippen molar-refractivity contribution in [3.05, 3.63) is 0 Å². The van der Waals surface area contributed by atoms with E-state index in [0.29, 0.717) is 0 Å². The van der Waals surface area contributed by atoms with Crippen LogP contribution in [0.15, 0.2) is 0 Å². The van der Waals surface area contributed by atoms with Crippen LogP contribution in [0.1, 0.15) is 0 Å². The van der Waals surface area contributed by atoms with Crippen LogP contribution in [0.3, 0.4) is 0 Å². The summed E-state index contributed by atoms with van der Waals surface area (Å²) < 4.78 is 33.5. The molecule has 5 atom stereocenters. The first kappa shape index (κ1) is 16.2. The van der Waals surface area contributed by atoms with E-state index in [0.717, 1.165) is 0 Å². The van der Waals surface area contributed by atoms with Gasteiger partial charge in [-0.25, -0.2) is 9.13 Å². The van der Waals surface area contributed by atoms with Gasteiger partial charge in [0.1, 0.15) is 18.3 Å². The number of rotatable bonds is 5. The molecule has 1 fully saturated rings. The second kappa shape index (κ2) is 5.61. The number of hydrogen-bond acceptors (Lipinski definition) is 8. The van der Waals surface area contributed by atoms with E-state index in [-0.39, 0.29) is 0 Å². The van der Waals surface area contributed by atoms with Gasteiger partial charge in [-0.2, -0.15) is 4.31 Å². The van der Waals surface area contributed by atoms with Crippen LogP contribution < -0.4 is 0 Å². The third-order valence-electron chi connectivity index (χ3n) is 1.95. The Kier molecular flexibility index (Phi) is 5.04. The normalized spacial score (nSPS) is 36.6. The van der Waals surface area contributed by atoms with Gasteiger partial charge in [0.05, 0.1) is 6.61 Å². The summed E-state index contributed by atoms with van der Waals surface area (Å²) >= 11 is 0. The molecule has 1 heterocycles. The van der Waals surface area contributed by atoms with E-state index < -0.39 is 46.9 Å². The van der Waals surface area contributed by atoms with Gasteiger partial charge in [0.2, 0.25) is 0 Å². The molecule has 11 nitrogen and oxygen atoms in total. The fraction of sp³-hybridized carbons (Fsp3) is 1.00. The molecule has 1 aliphatic rings. The van der Waals surface area contributed by atoms with Crippen LogP contribution in [0.25, 0.3) is 0 Å². The van der Waals surface area contributed by atoms with E-state index >= 15 is 0 Å². The molecule has 0 saturated carbocycles. The average molecular weight is 310 g/mol. The number of ether oxygens (including phenoxy) is 1. The third kappa shape index (κ3) is 4.65. The van der Waals surface area contributed by atoms with E-state index in [1.54, 1.807) is 0 Å². The molecule has 1 saturated heterocycles. The van der Waals surface area contributed by atoms with Gasteiger partial charge in [0.25, 0.3) is 0 Å².